The fraction of sp³-hybridized carbons (Fsp3) is 0.211. The van der Waals surface area contributed by atoms with E-state index in [0.29, 0.717) is 17.9 Å². The van der Waals surface area contributed by atoms with Crippen LogP contribution in [0.25, 0.3) is 0 Å². The lowest BCUT2D eigenvalue weighted by Gasteiger charge is -2.08. The van der Waals surface area contributed by atoms with Crippen molar-refractivity contribution in [1.29, 1.82) is 0 Å². The Labute approximate surface area is 157 Å². The van der Waals surface area contributed by atoms with Crippen molar-refractivity contribution in [3.8, 4) is 0 Å². The summed E-state index contributed by atoms with van der Waals surface area (Å²) < 4.78 is 29.7. The summed E-state index contributed by atoms with van der Waals surface area (Å²) >= 11 is 0. The van der Waals surface area contributed by atoms with Crippen molar-refractivity contribution in [3.63, 3.8) is 0 Å². The first-order valence-electron chi connectivity index (χ1n) is 8.38. The van der Waals surface area contributed by atoms with Crippen LogP contribution in [0.5, 0.6) is 0 Å². The lowest BCUT2D eigenvalue weighted by Crippen LogP contribution is -2.15. The molecule has 0 aliphatic rings. The van der Waals surface area contributed by atoms with Gasteiger partial charge < -0.3 is 4.42 Å². The molecule has 0 fully saturated rings. The molecule has 7 nitrogen and oxygen atoms in total. The molecule has 2 aromatic carbocycles. The highest BCUT2D eigenvalue weighted by Gasteiger charge is 2.19. The number of anilines is 1. The van der Waals surface area contributed by atoms with Crippen LogP contribution in [-0.4, -0.2) is 29.8 Å². The minimum atomic E-state index is -3.38. The summed E-state index contributed by atoms with van der Waals surface area (Å²) in [7, 11) is -3.38. The number of amides is 1. The summed E-state index contributed by atoms with van der Waals surface area (Å²) in [6, 6.07) is 15.3. The molecule has 0 aliphatic heterocycles. The largest absolute Gasteiger partial charge is 0.407 e. The molecule has 0 aliphatic carbocycles. The highest BCUT2D eigenvalue weighted by molar-refractivity contribution is 7.92. The zero-order valence-corrected chi connectivity index (χ0v) is 15.7. The van der Waals surface area contributed by atoms with Gasteiger partial charge in [0.1, 0.15) is 0 Å². The van der Waals surface area contributed by atoms with Crippen molar-refractivity contribution in [3.05, 3.63) is 71.6 Å². The summed E-state index contributed by atoms with van der Waals surface area (Å²) in [5.41, 5.74) is 1.31. The Bertz CT molecular complexity index is 1030. The molecule has 1 aromatic heterocycles. The van der Waals surface area contributed by atoms with E-state index in [1.54, 1.807) is 13.8 Å². The highest BCUT2D eigenvalue weighted by atomic mass is 32.2. The summed E-state index contributed by atoms with van der Waals surface area (Å²) in [5, 5.41) is 9.71. The smallest absolute Gasteiger partial charge is 0.322 e. The SMILES string of the molecule is CC(C)S(=O)(=O)c1ccc(C(=O)Nc2nnc(Cc3ccccc3)o2)cc1. The topological polar surface area (TPSA) is 102 Å². The number of carbonyl (C=O) groups is 1. The van der Waals surface area contributed by atoms with Gasteiger partial charge in [-0.05, 0) is 43.7 Å². The number of rotatable bonds is 6. The van der Waals surface area contributed by atoms with Gasteiger partial charge >= 0.3 is 6.01 Å². The molecule has 0 saturated carbocycles. The van der Waals surface area contributed by atoms with E-state index in [1.165, 1.54) is 24.3 Å². The van der Waals surface area contributed by atoms with Crippen LogP contribution in [-0.2, 0) is 16.3 Å². The Balaban J connectivity index is 1.67. The van der Waals surface area contributed by atoms with Gasteiger partial charge in [0.25, 0.3) is 5.91 Å². The molecule has 0 radical (unpaired) electrons. The average Bonchev–Trinajstić information content (AvgIpc) is 3.09. The Morgan fingerprint density at radius 2 is 1.70 bits per heavy atom. The first kappa shape index (κ1) is 18.8. The molecule has 0 spiro atoms. The van der Waals surface area contributed by atoms with E-state index in [1.807, 2.05) is 30.3 Å². The van der Waals surface area contributed by atoms with E-state index in [2.05, 4.69) is 15.5 Å². The number of nitrogens with one attached hydrogen (secondary N) is 1. The molecule has 0 atom stereocenters. The van der Waals surface area contributed by atoms with E-state index in [0.717, 1.165) is 5.56 Å². The molecule has 27 heavy (non-hydrogen) atoms. The van der Waals surface area contributed by atoms with Crippen LogP contribution in [0, 0.1) is 0 Å². The summed E-state index contributed by atoms with van der Waals surface area (Å²) in [6.45, 7) is 3.22. The number of aromatic nitrogens is 2. The molecule has 140 valence electrons. The van der Waals surface area contributed by atoms with Gasteiger partial charge in [-0.2, -0.15) is 0 Å². The third kappa shape index (κ3) is 4.40. The van der Waals surface area contributed by atoms with Gasteiger partial charge in [0.2, 0.25) is 5.89 Å². The van der Waals surface area contributed by atoms with E-state index in [9.17, 15) is 13.2 Å². The molecular weight excluding hydrogens is 366 g/mol. The van der Waals surface area contributed by atoms with Crippen LogP contribution in [0.3, 0.4) is 0 Å². The molecule has 1 amide bonds. The maximum absolute atomic E-state index is 12.3. The van der Waals surface area contributed by atoms with E-state index >= 15 is 0 Å². The summed E-state index contributed by atoms with van der Waals surface area (Å²) in [4.78, 5) is 12.5. The zero-order valence-electron chi connectivity index (χ0n) is 14.9. The predicted octanol–water partition coefficient (Wildman–Crippen LogP) is 3.09. The second-order valence-corrected chi connectivity index (χ2v) is 8.74. The zero-order chi connectivity index (χ0) is 19.4. The standard InChI is InChI=1S/C19H19N3O4S/c1-13(2)27(24,25)16-10-8-15(9-11-16)18(23)20-19-22-21-17(26-19)12-14-6-4-3-5-7-14/h3-11,13H,12H2,1-2H3,(H,20,22,23). The van der Waals surface area contributed by atoms with Crippen molar-refractivity contribution in [2.24, 2.45) is 0 Å². The van der Waals surface area contributed by atoms with Gasteiger partial charge in [0.05, 0.1) is 16.6 Å². The Morgan fingerprint density at radius 3 is 2.33 bits per heavy atom. The third-order valence-corrected chi connectivity index (χ3v) is 6.12. The Kier molecular flexibility index (Phi) is 5.36. The molecule has 3 rings (SSSR count). The van der Waals surface area contributed by atoms with Gasteiger partial charge in [0.15, 0.2) is 9.84 Å². The third-order valence-electron chi connectivity index (χ3n) is 3.95. The van der Waals surface area contributed by atoms with Crippen molar-refractivity contribution in [1.82, 2.24) is 10.2 Å². The monoisotopic (exact) mass is 385 g/mol. The molecule has 0 bridgehead atoms. The Morgan fingerprint density at radius 1 is 1.04 bits per heavy atom. The molecule has 0 unspecified atom stereocenters. The van der Waals surface area contributed by atoms with Crippen LogP contribution in [0.15, 0.2) is 63.9 Å². The fourth-order valence-corrected chi connectivity index (χ4v) is 3.44. The molecule has 1 N–H and O–H groups in total. The average molecular weight is 385 g/mol. The van der Waals surface area contributed by atoms with Crippen LogP contribution >= 0.6 is 0 Å². The van der Waals surface area contributed by atoms with Crippen molar-refractivity contribution < 1.29 is 17.6 Å². The van der Waals surface area contributed by atoms with Crippen LogP contribution < -0.4 is 5.32 Å². The van der Waals surface area contributed by atoms with Gasteiger partial charge in [-0.1, -0.05) is 35.4 Å². The highest BCUT2D eigenvalue weighted by Crippen LogP contribution is 2.17. The van der Waals surface area contributed by atoms with Gasteiger partial charge in [0, 0.05) is 5.56 Å². The first-order valence-corrected chi connectivity index (χ1v) is 9.92. The van der Waals surface area contributed by atoms with Crippen LogP contribution in [0.2, 0.25) is 0 Å². The number of hydrogen-bond donors (Lipinski definition) is 1. The quantitative estimate of drug-likeness (QED) is 0.699. The number of benzene rings is 2. The van der Waals surface area contributed by atoms with Crippen molar-refractivity contribution in [2.45, 2.75) is 30.4 Å². The fourth-order valence-electron chi connectivity index (χ4n) is 2.38. The number of nitrogens with zero attached hydrogens (tertiary/aromatic N) is 2. The number of hydrogen-bond acceptors (Lipinski definition) is 6. The van der Waals surface area contributed by atoms with Crippen molar-refractivity contribution in [2.75, 3.05) is 5.32 Å². The predicted molar refractivity (Wildman–Crippen MR) is 100 cm³/mol. The van der Waals surface area contributed by atoms with Crippen LogP contribution in [0.1, 0.15) is 35.7 Å². The number of sulfone groups is 1. The lowest BCUT2D eigenvalue weighted by atomic mass is 10.2. The van der Waals surface area contributed by atoms with E-state index in [-0.39, 0.29) is 10.9 Å². The number of carbonyl (C=O) groups excluding carboxylic acids is 1. The second-order valence-electron chi connectivity index (χ2n) is 6.24. The summed E-state index contributed by atoms with van der Waals surface area (Å²) in [5.74, 6) is -0.0757. The maximum Gasteiger partial charge on any atom is 0.322 e. The van der Waals surface area contributed by atoms with E-state index < -0.39 is 21.0 Å². The van der Waals surface area contributed by atoms with Gasteiger partial charge in [-0.15, -0.1) is 5.10 Å². The van der Waals surface area contributed by atoms with Crippen LogP contribution in [0.4, 0.5) is 6.01 Å². The normalized spacial score (nSPS) is 11.5. The minimum absolute atomic E-state index is 0.00944. The molecule has 3 aromatic rings. The van der Waals surface area contributed by atoms with E-state index in [4.69, 9.17) is 4.42 Å². The van der Waals surface area contributed by atoms with Gasteiger partial charge in [-0.3, -0.25) is 10.1 Å². The summed E-state index contributed by atoms with van der Waals surface area (Å²) in [6.07, 6.45) is 0.464. The van der Waals surface area contributed by atoms with Gasteiger partial charge in [-0.25, -0.2) is 8.42 Å². The maximum atomic E-state index is 12.3. The first-order chi connectivity index (χ1) is 12.9. The Hall–Kier alpha value is -3.00. The second kappa shape index (κ2) is 7.71. The molecule has 0 saturated heterocycles. The minimum Gasteiger partial charge on any atom is -0.407 e. The van der Waals surface area contributed by atoms with Crippen molar-refractivity contribution >= 4 is 21.8 Å². The lowest BCUT2D eigenvalue weighted by molar-refractivity contribution is 0.102. The molecular formula is C19H19N3O4S. The molecule has 8 heteroatoms. The molecule has 1 heterocycles.